The van der Waals surface area contributed by atoms with E-state index in [4.69, 9.17) is 18.9 Å². The molecule has 2 atom stereocenters. The monoisotopic (exact) mass is 751 g/mol. The minimum Gasteiger partial charge on any atom is -0.494 e. The van der Waals surface area contributed by atoms with Crippen LogP contribution in [-0.4, -0.2) is 38.5 Å². The minimum atomic E-state index is -0.153. The molecule has 0 amide bonds. The summed E-state index contributed by atoms with van der Waals surface area (Å²) < 4.78 is 24.2. The summed E-state index contributed by atoms with van der Waals surface area (Å²) in [6.45, 7) is 15.9. The van der Waals surface area contributed by atoms with Crippen molar-refractivity contribution in [2.45, 2.75) is 201 Å². The Morgan fingerprint density at radius 2 is 0.981 bits per heavy atom. The van der Waals surface area contributed by atoms with Gasteiger partial charge in [-0.1, -0.05) is 174 Å². The van der Waals surface area contributed by atoms with E-state index in [0.717, 1.165) is 50.4 Å². The number of carbonyl (C=O) groups excluding carboxylic acids is 1. The topological polar surface area (TPSA) is 54.0 Å². The predicted molar refractivity (Wildman–Crippen MR) is 229 cm³/mol. The molecule has 0 bridgehead atoms. The number of hydrogen-bond donors (Lipinski definition) is 0. The number of ether oxygens (including phenoxy) is 4. The van der Waals surface area contributed by atoms with Crippen molar-refractivity contribution in [1.82, 2.24) is 0 Å². The van der Waals surface area contributed by atoms with E-state index >= 15 is 0 Å². The molecule has 2 rings (SSSR count). The van der Waals surface area contributed by atoms with Crippen LogP contribution in [0.1, 0.15) is 200 Å². The largest absolute Gasteiger partial charge is 0.494 e. The molecular formula is C49H82O5. The molecule has 0 aliphatic carbocycles. The molecule has 0 fully saturated rings. The number of benzene rings is 2. The van der Waals surface area contributed by atoms with Gasteiger partial charge < -0.3 is 18.9 Å². The maximum absolute atomic E-state index is 12.7. The Morgan fingerprint density at radius 1 is 0.537 bits per heavy atom. The third-order valence-corrected chi connectivity index (χ3v) is 11.0. The van der Waals surface area contributed by atoms with Crippen LogP contribution in [0.2, 0.25) is 0 Å². The second-order valence-electron chi connectivity index (χ2n) is 16.4. The van der Waals surface area contributed by atoms with Crippen molar-refractivity contribution < 1.29 is 23.7 Å². The molecule has 0 aliphatic rings. The Hall–Kier alpha value is -2.53. The van der Waals surface area contributed by atoms with Gasteiger partial charge in [0, 0.05) is 24.4 Å². The Bertz CT molecular complexity index is 1160. The van der Waals surface area contributed by atoms with Gasteiger partial charge in [0.2, 0.25) is 0 Å². The summed E-state index contributed by atoms with van der Waals surface area (Å²) in [6, 6.07) is 17.1. The minimum absolute atomic E-state index is 0.0749. The van der Waals surface area contributed by atoms with E-state index in [0.29, 0.717) is 26.1 Å². The number of hydrogen-bond acceptors (Lipinski definition) is 5. The van der Waals surface area contributed by atoms with Gasteiger partial charge >= 0.3 is 5.97 Å². The van der Waals surface area contributed by atoms with Gasteiger partial charge in [0.25, 0.3) is 0 Å². The van der Waals surface area contributed by atoms with Crippen LogP contribution >= 0.6 is 0 Å². The molecule has 5 heteroatoms. The summed E-state index contributed by atoms with van der Waals surface area (Å²) >= 11 is 0. The number of unbranched alkanes of at least 4 members (excludes halogenated alkanes) is 17. The van der Waals surface area contributed by atoms with Gasteiger partial charge in [-0.05, 0) is 68.0 Å². The molecule has 0 aliphatic heterocycles. The first kappa shape index (κ1) is 47.6. The Balaban J connectivity index is 1.82. The van der Waals surface area contributed by atoms with Crippen LogP contribution in [0.15, 0.2) is 48.5 Å². The van der Waals surface area contributed by atoms with E-state index in [-0.39, 0.29) is 23.4 Å². The van der Waals surface area contributed by atoms with Crippen molar-refractivity contribution in [2.24, 2.45) is 5.92 Å². The van der Waals surface area contributed by atoms with E-state index in [1.807, 2.05) is 0 Å². The molecule has 0 aromatic heterocycles. The van der Waals surface area contributed by atoms with E-state index in [1.54, 1.807) is 0 Å². The van der Waals surface area contributed by atoms with Crippen LogP contribution in [0.25, 0.3) is 0 Å². The van der Waals surface area contributed by atoms with E-state index in [2.05, 4.69) is 90.1 Å². The lowest BCUT2D eigenvalue weighted by Gasteiger charge is -2.26. The average Bonchev–Trinajstić information content (AvgIpc) is 3.18. The molecule has 5 nitrogen and oxygen atoms in total. The van der Waals surface area contributed by atoms with Crippen LogP contribution in [0.4, 0.5) is 0 Å². The average molecular weight is 751 g/mol. The van der Waals surface area contributed by atoms with Gasteiger partial charge in [-0.3, -0.25) is 4.79 Å². The number of rotatable bonds is 35. The molecule has 0 radical (unpaired) electrons. The Kier molecular flexibility index (Phi) is 27.0. The summed E-state index contributed by atoms with van der Waals surface area (Å²) in [4.78, 5) is 12.7. The highest BCUT2D eigenvalue weighted by atomic mass is 16.5. The van der Waals surface area contributed by atoms with Crippen LogP contribution in [0.3, 0.4) is 0 Å². The quantitative estimate of drug-likeness (QED) is 0.0519. The van der Waals surface area contributed by atoms with E-state index in [9.17, 15) is 4.79 Å². The van der Waals surface area contributed by atoms with Crippen molar-refractivity contribution in [1.29, 1.82) is 0 Å². The third kappa shape index (κ3) is 22.1. The van der Waals surface area contributed by atoms with Gasteiger partial charge in [-0.2, -0.15) is 0 Å². The second kappa shape index (κ2) is 30.7. The predicted octanol–water partition coefficient (Wildman–Crippen LogP) is 14.4. The van der Waals surface area contributed by atoms with Gasteiger partial charge in [0.05, 0.1) is 25.9 Å². The molecule has 0 saturated heterocycles. The number of carbonyl (C=O) groups is 1. The summed E-state index contributed by atoms with van der Waals surface area (Å²) in [5.41, 5.74) is 2.35. The van der Waals surface area contributed by atoms with Gasteiger partial charge in [0.1, 0.15) is 11.5 Å². The first-order valence-electron chi connectivity index (χ1n) is 22.5. The Labute approximate surface area is 333 Å². The second-order valence-corrected chi connectivity index (χ2v) is 16.4. The molecule has 0 heterocycles. The van der Waals surface area contributed by atoms with Crippen molar-refractivity contribution in [3.63, 3.8) is 0 Å². The van der Waals surface area contributed by atoms with Crippen molar-refractivity contribution in [3.05, 3.63) is 59.7 Å². The lowest BCUT2D eigenvalue weighted by molar-refractivity contribution is -0.146. The SMILES string of the molecule is CCCCCCCCCOc1ccc(C(C)(C)c2ccc(OCC(CCCCCCCCC)COC(=O)CCC(C)OCCCCCCCC)cc2)cc1. The first-order chi connectivity index (χ1) is 26.3. The molecule has 0 spiro atoms. The standard InChI is InChI=1S/C49H82O5/c1-7-10-13-16-19-21-24-27-43(41-54-48(50)37-28-42(4)51-38-25-22-18-15-12-9-3)40-53-47-35-31-45(32-36-47)49(5,6)44-29-33-46(34-30-44)52-39-26-23-20-17-14-11-8-2/h29-36,42-43H,7-28,37-41H2,1-6H3. The zero-order valence-corrected chi connectivity index (χ0v) is 35.9. The molecule has 0 N–H and O–H groups in total. The fourth-order valence-corrected chi connectivity index (χ4v) is 7.02. The lowest BCUT2D eigenvalue weighted by Crippen LogP contribution is -2.21. The van der Waals surface area contributed by atoms with Crippen LogP contribution < -0.4 is 9.47 Å². The zero-order chi connectivity index (χ0) is 39.1. The molecule has 2 aromatic rings. The third-order valence-electron chi connectivity index (χ3n) is 11.0. The van der Waals surface area contributed by atoms with E-state index < -0.39 is 0 Å². The molecule has 54 heavy (non-hydrogen) atoms. The first-order valence-corrected chi connectivity index (χ1v) is 22.5. The molecule has 0 saturated carbocycles. The van der Waals surface area contributed by atoms with Gasteiger partial charge in [-0.15, -0.1) is 0 Å². The summed E-state index contributed by atoms with van der Waals surface area (Å²) in [7, 11) is 0. The summed E-state index contributed by atoms with van der Waals surface area (Å²) in [5.74, 6) is 1.85. The van der Waals surface area contributed by atoms with Crippen molar-refractivity contribution in [2.75, 3.05) is 26.4 Å². The normalized spacial score (nSPS) is 12.8. The van der Waals surface area contributed by atoms with Crippen molar-refractivity contribution in [3.8, 4) is 11.5 Å². The number of esters is 1. The molecule has 2 aromatic carbocycles. The maximum Gasteiger partial charge on any atom is 0.305 e. The molecule has 2 unspecified atom stereocenters. The summed E-state index contributed by atoms with van der Waals surface area (Å²) in [5, 5.41) is 0. The van der Waals surface area contributed by atoms with Crippen molar-refractivity contribution >= 4 is 5.97 Å². The fourth-order valence-electron chi connectivity index (χ4n) is 7.02. The highest BCUT2D eigenvalue weighted by molar-refractivity contribution is 5.69. The smallest absolute Gasteiger partial charge is 0.305 e. The van der Waals surface area contributed by atoms with Gasteiger partial charge in [0.15, 0.2) is 0 Å². The van der Waals surface area contributed by atoms with Crippen LogP contribution in [-0.2, 0) is 19.7 Å². The van der Waals surface area contributed by atoms with Gasteiger partial charge in [-0.25, -0.2) is 0 Å². The lowest BCUT2D eigenvalue weighted by atomic mass is 9.78. The van der Waals surface area contributed by atoms with E-state index in [1.165, 1.54) is 120 Å². The van der Waals surface area contributed by atoms with Crippen LogP contribution in [0, 0.1) is 5.92 Å². The highest BCUT2D eigenvalue weighted by Crippen LogP contribution is 2.33. The summed E-state index contributed by atoms with van der Waals surface area (Å²) in [6.07, 6.45) is 27.6. The highest BCUT2D eigenvalue weighted by Gasteiger charge is 2.23. The maximum atomic E-state index is 12.7. The molecular weight excluding hydrogens is 669 g/mol. The fraction of sp³-hybridized carbons (Fsp3) is 0.735. The molecule has 308 valence electrons. The Morgan fingerprint density at radius 3 is 1.50 bits per heavy atom. The van der Waals surface area contributed by atoms with Crippen LogP contribution in [0.5, 0.6) is 11.5 Å². The zero-order valence-electron chi connectivity index (χ0n) is 35.9.